The molecule has 0 saturated carbocycles. The number of hydrogen-bond acceptors (Lipinski definition) is 1. The molecule has 0 amide bonds. The number of benzene rings is 6. The van der Waals surface area contributed by atoms with Crippen molar-refractivity contribution in [3.63, 3.8) is 0 Å². The minimum atomic E-state index is 0.511. The van der Waals surface area contributed by atoms with Crippen molar-refractivity contribution in [2.24, 2.45) is 0 Å². The summed E-state index contributed by atoms with van der Waals surface area (Å²) in [6.07, 6.45) is 0. The van der Waals surface area contributed by atoms with Gasteiger partial charge in [-0.05, 0) is 127 Å². The molecular formula is C38H33N. The first-order valence-electron chi connectivity index (χ1n) is 14.1. The Morgan fingerprint density at radius 3 is 1.21 bits per heavy atom. The van der Waals surface area contributed by atoms with E-state index >= 15 is 0 Å². The molecule has 0 saturated heterocycles. The number of hydrogen-bond donors (Lipinski definition) is 0. The van der Waals surface area contributed by atoms with Crippen LogP contribution in [-0.4, -0.2) is 0 Å². The van der Waals surface area contributed by atoms with Crippen molar-refractivity contribution in [2.75, 3.05) is 4.90 Å². The van der Waals surface area contributed by atoms with Gasteiger partial charge in [-0.1, -0.05) is 82.3 Å². The Kier molecular flexibility index (Phi) is 5.56. The first-order valence-corrected chi connectivity index (χ1v) is 14.1. The Hall–Kier alpha value is -4.36. The fourth-order valence-electron chi connectivity index (χ4n) is 5.96. The summed E-state index contributed by atoms with van der Waals surface area (Å²) in [4.78, 5) is 2.38. The largest absolute Gasteiger partial charge is 0.310 e. The topological polar surface area (TPSA) is 3.24 Å². The normalized spacial score (nSPS) is 12.1. The van der Waals surface area contributed by atoms with Gasteiger partial charge in [0.25, 0.3) is 0 Å². The number of rotatable bonds is 5. The predicted octanol–water partition coefficient (Wildman–Crippen LogP) is 11.4. The Bertz CT molecular complexity index is 1790. The lowest BCUT2D eigenvalue weighted by molar-refractivity contribution is 0.866. The Balaban J connectivity index is 1.34. The molecule has 0 N–H and O–H groups in total. The molecule has 190 valence electrons. The molecule has 0 fully saturated rings. The second-order valence-corrected chi connectivity index (χ2v) is 11.5. The monoisotopic (exact) mass is 503 g/mol. The highest BCUT2D eigenvalue weighted by Gasteiger charge is 2.24. The highest BCUT2D eigenvalue weighted by atomic mass is 15.1. The molecule has 7 rings (SSSR count). The molecule has 1 aliphatic carbocycles. The van der Waals surface area contributed by atoms with Gasteiger partial charge in [0, 0.05) is 17.1 Å². The summed E-state index contributed by atoms with van der Waals surface area (Å²) in [7, 11) is 0. The van der Waals surface area contributed by atoms with Gasteiger partial charge < -0.3 is 4.90 Å². The standard InChI is InChI=1S/C38H33N/c1-24(2)26-9-14-32(15-10-26)39(33-16-11-27(12-17-33)25(3)4)34-18-13-30-22-37-35-20-28-7-5-6-8-29(28)21-36(35)38(37)23-31(30)19-34/h5-25H,1-4H3. The van der Waals surface area contributed by atoms with E-state index < -0.39 is 0 Å². The van der Waals surface area contributed by atoms with Gasteiger partial charge in [-0.3, -0.25) is 0 Å². The fourth-order valence-corrected chi connectivity index (χ4v) is 5.96. The summed E-state index contributed by atoms with van der Waals surface area (Å²) in [5, 5.41) is 5.16. The maximum absolute atomic E-state index is 2.38. The summed E-state index contributed by atoms with van der Waals surface area (Å²) in [5.74, 6) is 1.02. The van der Waals surface area contributed by atoms with Crippen LogP contribution in [0.25, 0.3) is 43.8 Å². The van der Waals surface area contributed by atoms with Crippen LogP contribution in [0.5, 0.6) is 0 Å². The predicted molar refractivity (Wildman–Crippen MR) is 169 cm³/mol. The maximum Gasteiger partial charge on any atom is 0.0468 e. The van der Waals surface area contributed by atoms with Crippen LogP contribution in [0.4, 0.5) is 17.1 Å². The third-order valence-electron chi connectivity index (χ3n) is 8.32. The molecule has 0 spiro atoms. The van der Waals surface area contributed by atoms with Crippen molar-refractivity contribution >= 4 is 38.6 Å². The molecule has 0 radical (unpaired) electrons. The minimum absolute atomic E-state index is 0.511. The average molecular weight is 504 g/mol. The third kappa shape index (κ3) is 4.01. The van der Waals surface area contributed by atoms with E-state index in [0.29, 0.717) is 11.8 Å². The van der Waals surface area contributed by atoms with Crippen molar-refractivity contribution in [3.8, 4) is 22.3 Å². The molecule has 0 heterocycles. The van der Waals surface area contributed by atoms with Crippen molar-refractivity contribution in [3.05, 3.63) is 126 Å². The van der Waals surface area contributed by atoms with Crippen molar-refractivity contribution in [1.82, 2.24) is 0 Å². The highest BCUT2D eigenvalue weighted by molar-refractivity contribution is 6.12. The first-order chi connectivity index (χ1) is 19.0. The van der Waals surface area contributed by atoms with E-state index in [4.69, 9.17) is 0 Å². The average Bonchev–Trinajstić information content (AvgIpc) is 2.96. The number of nitrogens with zero attached hydrogens (tertiary/aromatic N) is 1. The molecule has 1 nitrogen and oxygen atoms in total. The SMILES string of the molecule is CC(C)c1ccc(N(c2ccc(C(C)C)cc2)c2ccc3cc4c(cc3c2)-c2cc3ccccc3cc2-4)cc1. The zero-order valence-electron chi connectivity index (χ0n) is 23.1. The molecule has 6 aromatic carbocycles. The molecule has 0 aliphatic heterocycles. The lowest BCUT2D eigenvalue weighted by Crippen LogP contribution is -2.10. The molecule has 0 unspecified atom stereocenters. The van der Waals surface area contributed by atoms with Crippen molar-refractivity contribution in [2.45, 2.75) is 39.5 Å². The zero-order chi connectivity index (χ0) is 26.7. The van der Waals surface area contributed by atoms with Crippen molar-refractivity contribution < 1.29 is 0 Å². The van der Waals surface area contributed by atoms with Crippen LogP contribution >= 0.6 is 0 Å². The zero-order valence-corrected chi connectivity index (χ0v) is 23.1. The minimum Gasteiger partial charge on any atom is -0.310 e. The lowest BCUT2D eigenvalue weighted by Gasteiger charge is -2.28. The van der Waals surface area contributed by atoms with E-state index in [-0.39, 0.29) is 0 Å². The van der Waals surface area contributed by atoms with Crippen LogP contribution in [0.2, 0.25) is 0 Å². The van der Waals surface area contributed by atoms with Crippen LogP contribution in [0.1, 0.15) is 50.7 Å². The number of fused-ring (bicyclic) bond motifs is 6. The van der Waals surface area contributed by atoms with Crippen LogP contribution in [0, 0.1) is 0 Å². The van der Waals surface area contributed by atoms with Crippen LogP contribution < -0.4 is 4.90 Å². The second kappa shape index (κ2) is 9.13. The molecule has 1 heteroatoms. The van der Waals surface area contributed by atoms with Gasteiger partial charge >= 0.3 is 0 Å². The summed E-state index contributed by atoms with van der Waals surface area (Å²) in [6, 6.07) is 43.1. The molecule has 1 aliphatic rings. The van der Waals surface area contributed by atoms with Gasteiger partial charge in [0.15, 0.2) is 0 Å². The smallest absolute Gasteiger partial charge is 0.0468 e. The van der Waals surface area contributed by atoms with E-state index in [2.05, 4.69) is 148 Å². The summed E-state index contributed by atoms with van der Waals surface area (Å²) in [5.41, 5.74) is 11.7. The molecule has 0 aromatic heterocycles. The van der Waals surface area contributed by atoms with E-state index in [1.54, 1.807) is 0 Å². The molecule has 6 aromatic rings. The van der Waals surface area contributed by atoms with Gasteiger partial charge in [-0.2, -0.15) is 0 Å². The maximum atomic E-state index is 2.38. The quantitative estimate of drug-likeness (QED) is 0.226. The van der Waals surface area contributed by atoms with Crippen LogP contribution in [0.3, 0.4) is 0 Å². The Labute approximate surface area is 231 Å². The Morgan fingerprint density at radius 1 is 0.385 bits per heavy atom. The molecule has 39 heavy (non-hydrogen) atoms. The molecular weight excluding hydrogens is 470 g/mol. The van der Waals surface area contributed by atoms with E-state index in [1.165, 1.54) is 72.0 Å². The Morgan fingerprint density at radius 2 is 0.769 bits per heavy atom. The van der Waals surface area contributed by atoms with Gasteiger partial charge in [0.05, 0.1) is 0 Å². The van der Waals surface area contributed by atoms with E-state index in [1.807, 2.05) is 0 Å². The first kappa shape index (κ1) is 23.7. The number of anilines is 3. The summed E-state index contributed by atoms with van der Waals surface area (Å²) in [6.45, 7) is 8.99. The van der Waals surface area contributed by atoms with Gasteiger partial charge in [0.1, 0.15) is 0 Å². The van der Waals surface area contributed by atoms with Crippen LogP contribution in [0.15, 0.2) is 115 Å². The van der Waals surface area contributed by atoms with Crippen LogP contribution in [-0.2, 0) is 0 Å². The molecule has 0 bridgehead atoms. The van der Waals surface area contributed by atoms with E-state index in [0.717, 1.165) is 0 Å². The summed E-state index contributed by atoms with van der Waals surface area (Å²) < 4.78 is 0. The van der Waals surface area contributed by atoms with Gasteiger partial charge in [0.2, 0.25) is 0 Å². The van der Waals surface area contributed by atoms with E-state index in [9.17, 15) is 0 Å². The molecule has 0 atom stereocenters. The van der Waals surface area contributed by atoms with Gasteiger partial charge in [-0.25, -0.2) is 0 Å². The highest BCUT2D eigenvalue weighted by Crippen LogP contribution is 2.50. The summed E-state index contributed by atoms with van der Waals surface area (Å²) >= 11 is 0. The van der Waals surface area contributed by atoms with Gasteiger partial charge in [-0.15, -0.1) is 0 Å². The second-order valence-electron chi connectivity index (χ2n) is 11.5. The lowest BCUT2D eigenvalue weighted by atomic mass is 9.78. The fraction of sp³-hybridized carbons (Fsp3) is 0.158. The van der Waals surface area contributed by atoms with Crippen molar-refractivity contribution in [1.29, 1.82) is 0 Å². The third-order valence-corrected chi connectivity index (χ3v) is 8.32.